The van der Waals surface area contributed by atoms with Crippen LogP contribution >= 0.6 is 0 Å². The van der Waals surface area contributed by atoms with Crippen molar-refractivity contribution in [1.29, 1.82) is 0 Å². The number of hydrogen-bond donors (Lipinski definition) is 1. The fourth-order valence-corrected chi connectivity index (χ4v) is 3.11. The van der Waals surface area contributed by atoms with Crippen LogP contribution in [-0.2, 0) is 0 Å². The Bertz CT molecular complexity index is 788. The zero-order valence-corrected chi connectivity index (χ0v) is 14.3. The van der Waals surface area contributed by atoms with E-state index in [2.05, 4.69) is 0 Å². The van der Waals surface area contributed by atoms with Crippen molar-refractivity contribution in [3.8, 4) is 5.75 Å². The Hall–Kier alpha value is -2.82. The fraction of sp³-hybridized carbons (Fsp3) is 0.300. The highest BCUT2D eigenvalue weighted by molar-refractivity contribution is 5.97. The highest BCUT2D eigenvalue weighted by Gasteiger charge is 2.24. The Morgan fingerprint density at radius 1 is 0.880 bits per heavy atom. The van der Waals surface area contributed by atoms with Gasteiger partial charge in [0.1, 0.15) is 5.75 Å². The Kier molecular flexibility index (Phi) is 5.03. The minimum absolute atomic E-state index is 0.000516. The third-order valence-electron chi connectivity index (χ3n) is 4.47. The third-order valence-corrected chi connectivity index (χ3v) is 4.47. The molecule has 0 bridgehead atoms. The zero-order chi connectivity index (χ0) is 17.8. The van der Waals surface area contributed by atoms with Gasteiger partial charge in [0, 0.05) is 31.7 Å². The molecule has 0 atom stereocenters. The number of aryl methyl sites for hydroxylation is 1. The van der Waals surface area contributed by atoms with Gasteiger partial charge in [-0.05, 0) is 37.6 Å². The summed E-state index contributed by atoms with van der Waals surface area (Å²) in [6.07, 6.45) is 0.719. The van der Waals surface area contributed by atoms with E-state index < -0.39 is 0 Å². The van der Waals surface area contributed by atoms with E-state index in [-0.39, 0.29) is 17.6 Å². The Balaban J connectivity index is 1.69. The molecule has 5 nitrogen and oxygen atoms in total. The van der Waals surface area contributed by atoms with Crippen LogP contribution < -0.4 is 0 Å². The molecule has 1 fully saturated rings. The molecule has 0 radical (unpaired) electrons. The van der Waals surface area contributed by atoms with Crippen molar-refractivity contribution >= 4 is 11.8 Å². The van der Waals surface area contributed by atoms with E-state index in [4.69, 9.17) is 0 Å². The summed E-state index contributed by atoms with van der Waals surface area (Å²) in [6, 6.07) is 14.1. The first-order valence-corrected chi connectivity index (χ1v) is 8.49. The van der Waals surface area contributed by atoms with E-state index in [0.717, 1.165) is 12.0 Å². The van der Waals surface area contributed by atoms with Crippen LogP contribution in [0.3, 0.4) is 0 Å². The summed E-state index contributed by atoms with van der Waals surface area (Å²) < 4.78 is 0. The normalized spacial score (nSPS) is 14.9. The summed E-state index contributed by atoms with van der Waals surface area (Å²) >= 11 is 0. The number of amides is 2. The number of nitrogens with zero attached hydrogens (tertiary/aromatic N) is 2. The second-order valence-corrected chi connectivity index (χ2v) is 6.32. The van der Waals surface area contributed by atoms with Gasteiger partial charge >= 0.3 is 0 Å². The molecule has 25 heavy (non-hydrogen) atoms. The topological polar surface area (TPSA) is 60.9 Å². The minimum Gasteiger partial charge on any atom is -0.507 e. The SMILES string of the molecule is Cc1cccc(C(=O)N2CCCN(C(=O)c3ccccc3O)CC2)c1. The molecule has 1 heterocycles. The maximum atomic E-state index is 12.7. The zero-order valence-electron chi connectivity index (χ0n) is 14.3. The van der Waals surface area contributed by atoms with E-state index in [0.29, 0.717) is 37.3 Å². The van der Waals surface area contributed by atoms with Crippen molar-refractivity contribution in [1.82, 2.24) is 9.80 Å². The summed E-state index contributed by atoms with van der Waals surface area (Å²) in [7, 11) is 0. The highest BCUT2D eigenvalue weighted by atomic mass is 16.3. The standard InChI is InChI=1S/C20H22N2O3/c1-15-6-4-7-16(14-15)19(24)21-10-5-11-22(13-12-21)20(25)17-8-2-3-9-18(17)23/h2-4,6-9,14,23H,5,10-13H2,1H3. The number of aromatic hydroxyl groups is 1. The first kappa shape index (κ1) is 17.0. The minimum atomic E-state index is -0.192. The molecule has 3 rings (SSSR count). The van der Waals surface area contributed by atoms with Crippen LogP contribution in [0.1, 0.15) is 32.7 Å². The Labute approximate surface area is 147 Å². The molecule has 5 heteroatoms. The number of carbonyl (C=O) groups excluding carboxylic acids is 2. The number of hydrogen-bond acceptors (Lipinski definition) is 3. The number of rotatable bonds is 2. The molecule has 2 amide bonds. The summed E-state index contributed by atoms with van der Waals surface area (Å²) in [6.45, 7) is 4.12. The summed E-state index contributed by atoms with van der Waals surface area (Å²) in [5.74, 6) is -0.201. The van der Waals surface area contributed by atoms with Gasteiger partial charge in [0.05, 0.1) is 5.56 Å². The molecular weight excluding hydrogens is 316 g/mol. The molecule has 0 spiro atoms. The highest BCUT2D eigenvalue weighted by Crippen LogP contribution is 2.19. The van der Waals surface area contributed by atoms with E-state index in [1.54, 1.807) is 28.0 Å². The van der Waals surface area contributed by atoms with Gasteiger partial charge in [0.15, 0.2) is 0 Å². The van der Waals surface area contributed by atoms with Crippen LogP contribution in [0.2, 0.25) is 0 Å². The molecule has 2 aromatic rings. The van der Waals surface area contributed by atoms with E-state index in [1.807, 2.05) is 31.2 Å². The largest absolute Gasteiger partial charge is 0.507 e. The number of para-hydroxylation sites is 1. The molecule has 2 aromatic carbocycles. The van der Waals surface area contributed by atoms with Crippen LogP contribution in [0.4, 0.5) is 0 Å². The van der Waals surface area contributed by atoms with Gasteiger partial charge in [-0.25, -0.2) is 0 Å². The molecule has 0 aliphatic carbocycles. The van der Waals surface area contributed by atoms with Crippen molar-refractivity contribution in [2.75, 3.05) is 26.2 Å². The predicted octanol–water partition coefficient (Wildman–Crippen LogP) is 2.69. The van der Waals surface area contributed by atoms with E-state index in [9.17, 15) is 14.7 Å². The van der Waals surface area contributed by atoms with Gasteiger partial charge in [-0.3, -0.25) is 9.59 Å². The molecule has 0 unspecified atom stereocenters. The Morgan fingerprint density at radius 2 is 1.56 bits per heavy atom. The molecule has 130 valence electrons. The number of phenolic OH excluding ortho intramolecular Hbond substituents is 1. The second-order valence-electron chi connectivity index (χ2n) is 6.32. The van der Waals surface area contributed by atoms with Crippen molar-refractivity contribution < 1.29 is 14.7 Å². The fourth-order valence-electron chi connectivity index (χ4n) is 3.11. The molecule has 1 N–H and O–H groups in total. The van der Waals surface area contributed by atoms with Crippen molar-refractivity contribution in [2.45, 2.75) is 13.3 Å². The molecule has 1 saturated heterocycles. The van der Waals surface area contributed by atoms with Gasteiger partial charge in [-0.15, -0.1) is 0 Å². The number of phenols is 1. The first-order chi connectivity index (χ1) is 12.1. The van der Waals surface area contributed by atoms with Crippen LogP contribution in [-0.4, -0.2) is 52.9 Å². The molecule has 1 aliphatic heterocycles. The van der Waals surface area contributed by atoms with Gasteiger partial charge in [0.25, 0.3) is 11.8 Å². The summed E-state index contributed by atoms with van der Waals surface area (Å²) in [5.41, 5.74) is 2.04. The Morgan fingerprint density at radius 3 is 2.24 bits per heavy atom. The molecular formula is C20H22N2O3. The van der Waals surface area contributed by atoms with E-state index >= 15 is 0 Å². The predicted molar refractivity (Wildman–Crippen MR) is 95.7 cm³/mol. The van der Waals surface area contributed by atoms with Gasteiger partial charge in [0.2, 0.25) is 0 Å². The molecule has 0 aromatic heterocycles. The van der Waals surface area contributed by atoms with Crippen molar-refractivity contribution in [2.24, 2.45) is 0 Å². The maximum absolute atomic E-state index is 12.7. The lowest BCUT2D eigenvalue weighted by Gasteiger charge is -2.22. The van der Waals surface area contributed by atoms with Gasteiger partial charge in [-0.2, -0.15) is 0 Å². The second kappa shape index (κ2) is 7.38. The number of benzene rings is 2. The quantitative estimate of drug-likeness (QED) is 0.916. The monoisotopic (exact) mass is 338 g/mol. The van der Waals surface area contributed by atoms with Crippen LogP contribution in [0, 0.1) is 6.92 Å². The first-order valence-electron chi connectivity index (χ1n) is 8.49. The average molecular weight is 338 g/mol. The van der Waals surface area contributed by atoms with Crippen LogP contribution in [0.15, 0.2) is 48.5 Å². The lowest BCUT2D eigenvalue weighted by atomic mass is 10.1. The lowest BCUT2D eigenvalue weighted by molar-refractivity contribution is 0.0717. The van der Waals surface area contributed by atoms with E-state index in [1.165, 1.54) is 6.07 Å². The van der Waals surface area contributed by atoms with Gasteiger partial charge < -0.3 is 14.9 Å². The number of carbonyl (C=O) groups is 2. The maximum Gasteiger partial charge on any atom is 0.257 e. The van der Waals surface area contributed by atoms with Gasteiger partial charge in [-0.1, -0.05) is 29.8 Å². The van der Waals surface area contributed by atoms with Crippen LogP contribution in [0.25, 0.3) is 0 Å². The third kappa shape index (κ3) is 3.82. The lowest BCUT2D eigenvalue weighted by Crippen LogP contribution is -2.37. The summed E-state index contributed by atoms with van der Waals surface area (Å²) in [5, 5.41) is 9.88. The summed E-state index contributed by atoms with van der Waals surface area (Å²) in [4.78, 5) is 28.8. The van der Waals surface area contributed by atoms with Crippen molar-refractivity contribution in [3.05, 3.63) is 65.2 Å². The van der Waals surface area contributed by atoms with Crippen molar-refractivity contribution in [3.63, 3.8) is 0 Å². The smallest absolute Gasteiger partial charge is 0.257 e. The molecule has 1 aliphatic rings. The van der Waals surface area contributed by atoms with Crippen LogP contribution in [0.5, 0.6) is 5.75 Å². The average Bonchev–Trinajstić information content (AvgIpc) is 2.87. The molecule has 0 saturated carbocycles.